The fourth-order valence-electron chi connectivity index (χ4n) is 1.66. The molecule has 134 valence electrons. The maximum atomic E-state index is 12.4. The van der Waals surface area contributed by atoms with E-state index in [4.69, 9.17) is 15.3 Å². The summed E-state index contributed by atoms with van der Waals surface area (Å²) >= 11 is 0. The van der Waals surface area contributed by atoms with Crippen molar-refractivity contribution in [3.8, 4) is 0 Å². The van der Waals surface area contributed by atoms with Gasteiger partial charge in [0, 0.05) is 0 Å². The summed E-state index contributed by atoms with van der Waals surface area (Å²) in [4.78, 5) is 29.8. The molecule has 0 aromatic carbocycles. The van der Waals surface area contributed by atoms with E-state index in [1.54, 1.807) is 53.7 Å². The number of carbonyl (C=O) groups excluding carboxylic acids is 2. The van der Waals surface area contributed by atoms with Gasteiger partial charge in [0.25, 0.3) is 0 Å². The minimum Gasteiger partial charge on any atom is -0.443 e. The first-order valence-corrected chi connectivity index (χ1v) is 7.57. The zero-order valence-corrected chi connectivity index (χ0v) is 15.0. The molecule has 0 spiro atoms. The van der Waals surface area contributed by atoms with Gasteiger partial charge in [0.2, 0.25) is 0 Å². The van der Waals surface area contributed by atoms with Crippen molar-refractivity contribution in [3.63, 3.8) is 0 Å². The number of imide groups is 1. The van der Waals surface area contributed by atoms with Crippen LogP contribution in [-0.4, -0.2) is 28.4 Å². The molecule has 0 saturated carbocycles. The van der Waals surface area contributed by atoms with E-state index in [1.165, 1.54) is 6.20 Å². The first kappa shape index (κ1) is 19.9. The van der Waals surface area contributed by atoms with Crippen LogP contribution in [0.15, 0.2) is 18.3 Å². The van der Waals surface area contributed by atoms with Crippen molar-refractivity contribution in [2.24, 2.45) is 5.84 Å². The van der Waals surface area contributed by atoms with Gasteiger partial charge in [0.05, 0.1) is 24.1 Å². The minimum atomic E-state index is -0.830. The molecule has 24 heavy (non-hydrogen) atoms. The van der Waals surface area contributed by atoms with Crippen LogP contribution in [-0.2, 0) is 16.0 Å². The second-order valence-corrected chi connectivity index (χ2v) is 7.18. The van der Waals surface area contributed by atoms with Gasteiger partial charge in [-0.05, 0) is 53.7 Å². The van der Waals surface area contributed by atoms with Gasteiger partial charge in [-0.3, -0.25) is 16.3 Å². The molecule has 0 atom stereocenters. The summed E-state index contributed by atoms with van der Waals surface area (Å²) in [5, 5.41) is 0. The molecular weight excluding hydrogens is 312 g/mol. The third kappa shape index (κ3) is 6.51. The normalized spacial score (nSPS) is 11.8. The minimum absolute atomic E-state index is 0.249. The summed E-state index contributed by atoms with van der Waals surface area (Å²) < 4.78 is 10.6. The van der Waals surface area contributed by atoms with E-state index in [-0.39, 0.29) is 5.69 Å². The summed E-state index contributed by atoms with van der Waals surface area (Å²) in [6.45, 7) is 10.6. The molecule has 1 aromatic rings. The maximum Gasteiger partial charge on any atom is 0.424 e. The lowest BCUT2D eigenvalue weighted by molar-refractivity contribution is 0.0430. The molecule has 0 aliphatic rings. The highest BCUT2D eigenvalue weighted by Crippen LogP contribution is 2.21. The number of hydrogen-bond acceptors (Lipinski definition) is 7. The Morgan fingerprint density at radius 3 is 1.92 bits per heavy atom. The number of rotatable bonds is 3. The molecular formula is C16H26N4O4. The van der Waals surface area contributed by atoms with Gasteiger partial charge in [-0.2, -0.15) is 4.90 Å². The van der Waals surface area contributed by atoms with Crippen LogP contribution >= 0.6 is 0 Å². The van der Waals surface area contributed by atoms with Gasteiger partial charge in [0.15, 0.2) is 0 Å². The van der Waals surface area contributed by atoms with Crippen molar-refractivity contribution in [2.45, 2.75) is 59.3 Å². The molecule has 0 bridgehead atoms. The van der Waals surface area contributed by atoms with Gasteiger partial charge in [0.1, 0.15) is 11.2 Å². The topological polar surface area (TPSA) is 107 Å². The van der Waals surface area contributed by atoms with Crippen LogP contribution in [0.5, 0.6) is 0 Å². The Labute approximate surface area is 142 Å². The number of nitrogens with zero attached hydrogens (tertiary/aromatic N) is 2. The lowest BCUT2D eigenvalue weighted by atomic mass is 10.2. The fraction of sp³-hybridized carbons (Fsp3) is 0.562. The van der Waals surface area contributed by atoms with E-state index in [0.717, 1.165) is 4.90 Å². The molecule has 3 N–H and O–H groups in total. The van der Waals surface area contributed by atoms with Crippen LogP contribution < -0.4 is 16.2 Å². The largest absolute Gasteiger partial charge is 0.443 e. The van der Waals surface area contributed by atoms with Crippen molar-refractivity contribution in [1.82, 2.24) is 10.4 Å². The average molecular weight is 338 g/mol. The van der Waals surface area contributed by atoms with Crippen molar-refractivity contribution in [1.29, 1.82) is 0 Å². The molecule has 1 heterocycles. The number of pyridine rings is 1. The van der Waals surface area contributed by atoms with Crippen LogP contribution in [0, 0.1) is 0 Å². The highest BCUT2D eigenvalue weighted by Gasteiger charge is 2.32. The third-order valence-electron chi connectivity index (χ3n) is 2.50. The standard InChI is InChI=1S/C16H26N4O4/c1-15(2,3)23-13(21)20(14(22)24-16(4,5)6)12-8-7-11(9-19-17)18-10-12/h7-8,10,19H,9,17H2,1-6H3. The fourth-order valence-corrected chi connectivity index (χ4v) is 1.66. The molecule has 8 heteroatoms. The number of nitrogens with one attached hydrogen (secondary N) is 1. The Hall–Kier alpha value is -2.19. The first-order chi connectivity index (χ1) is 10.9. The highest BCUT2D eigenvalue weighted by atomic mass is 16.6. The molecule has 0 fully saturated rings. The average Bonchev–Trinajstić information content (AvgIpc) is 2.37. The van der Waals surface area contributed by atoms with Gasteiger partial charge < -0.3 is 9.47 Å². The van der Waals surface area contributed by atoms with Crippen LogP contribution in [0.1, 0.15) is 47.2 Å². The summed E-state index contributed by atoms with van der Waals surface area (Å²) in [7, 11) is 0. The monoisotopic (exact) mass is 338 g/mol. The molecule has 0 unspecified atom stereocenters. The zero-order chi connectivity index (χ0) is 18.5. The van der Waals surface area contributed by atoms with Crippen molar-refractivity contribution >= 4 is 17.9 Å². The summed E-state index contributed by atoms with van der Waals surface area (Å²) in [5.41, 5.74) is 1.88. The number of amides is 2. The van der Waals surface area contributed by atoms with Gasteiger partial charge >= 0.3 is 12.2 Å². The molecule has 0 aliphatic carbocycles. The summed E-state index contributed by atoms with van der Waals surface area (Å²) in [6.07, 6.45) is -0.271. The van der Waals surface area contributed by atoms with E-state index < -0.39 is 23.4 Å². The van der Waals surface area contributed by atoms with Crippen LogP contribution in [0.25, 0.3) is 0 Å². The van der Waals surface area contributed by atoms with E-state index >= 15 is 0 Å². The Morgan fingerprint density at radius 1 is 1.08 bits per heavy atom. The Balaban J connectivity index is 3.12. The molecule has 0 radical (unpaired) electrons. The molecule has 0 saturated heterocycles. The maximum absolute atomic E-state index is 12.4. The molecule has 8 nitrogen and oxygen atoms in total. The third-order valence-corrected chi connectivity index (χ3v) is 2.50. The number of aromatic nitrogens is 1. The second kappa shape index (κ2) is 7.59. The second-order valence-electron chi connectivity index (χ2n) is 7.18. The van der Waals surface area contributed by atoms with Crippen LogP contribution in [0.2, 0.25) is 0 Å². The Kier molecular flexibility index (Phi) is 6.28. The predicted octanol–water partition coefficient (Wildman–Crippen LogP) is 2.72. The van der Waals surface area contributed by atoms with Crippen molar-refractivity contribution < 1.29 is 19.1 Å². The van der Waals surface area contributed by atoms with Crippen LogP contribution in [0.3, 0.4) is 0 Å². The number of ether oxygens (including phenoxy) is 2. The lowest BCUT2D eigenvalue weighted by Gasteiger charge is -2.28. The number of anilines is 1. The van der Waals surface area contributed by atoms with E-state index in [9.17, 15) is 9.59 Å². The Morgan fingerprint density at radius 2 is 1.58 bits per heavy atom. The SMILES string of the molecule is CC(C)(C)OC(=O)N(C(=O)OC(C)(C)C)c1ccc(CNN)nc1. The van der Waals surface area contributed by atoms with Crippen molar-refractivity contribution in [3.05, 3.63) is 24.0 Å². The number of hydrazine groups is 1. The molecule has 1 rings (SSSR count). The summed E-state index contributed by atoms with van der Waals surface area (Å²) in [6, 6.07) is 3.23. The number of nitrogens with two attached hydrogens (primary N) is 1. The number of carbonyl (C=O) groups is 2. The van der Waals surface area contributed by atoms with Crippen molar-refractivity contribution in [2.75, 3.05) is 4.90 Å². The molecule has 0 aliphatic heterocycles. The van der Waals surface area contributed by atoms with Crippen LogP contribution in [0.4, 0.5) is 15.3 Å². The smallest absolute Gasteiger partial charge is 0.424 e. The summed E-state index contributed by atoms with van der Waals surface area (Å²) in [5.74, 6) is 5.24. The predicted molar refractivity (Wildman–Crippen MR) is 90.2 cm³/mol. The van der Waals surface area contributed by atoms with E-state index in [0.29, 0.717) is 12.2 Å². The van der Waals surface area contributed by atoms with E-state index in [1.807, 2.05) is 0 Å². The van der Waals surface area contributed by atoms with Gasteiger partial charge in [-0.25, -0.2) is 9.59 Å². The van der Waals surface area contributed by atoms with Gasteiger partial charge in [-0.15, -0.1) is 0 Å². The lowest BCUT2D eigenvalue weighted by Crippen LogP contribution is -2.43. The Bertz CT molecular complexity index is 545. The highest BCUT2D eigenvalue weighted by molar-refractivity contribution is 6.09. The van der Waals surface area contributed by atoms with Gasteiger partial charge in [-0.1, -0.05) is 0 Å². The molecule has 1 aromatic heterocycles. The zero-order valence-electron chi connectivity index (χ0n) is 15.0. The quantitative estimate of drug-likeness (QED) is 0.644. The number of hydrogen-bond donors (Lipinski definition) is 2. The molecule has 2 amide bonds. The first-order valence-electron chi connectivity index (χ1n) is 7.57. The van der Waals surface area contributed by atoms with E-state index in [2.05, 4.69) is 10.4 Å².